The third kappa shape index (κ3) is 6.56. The van der Waals surface area contributed by atoms with Crippen molar-refractivity contribution in [1.82, 2.24) is 4.90 Å². The van der Waals surface area contributed by atoms with Gasteiger partial charge in [-0.2, -0.15) is 26.3 Å². The third-order valence-electron chi connectivity index (χ3n) is 7.78. The maximum Gasteiger partial charge on any atom is 0.417 e. The molecule has 0 aromatic heterocycles. The number of halogens is 7. The van der Waals surface area contributed by atoms with Crippen LogP contribution in [0.1, 0.15) is 36.1 Å². The predicted octanol–water partition coefficient (Wildman–Crippen LogP) is 7.30. The summed E-state index contributed by atoms with van der Waals surface area (Å²) in [4.78, 5) is 12.8. The second-order valence-electron chi connectivity index (χ2n) is 11.9. The van der Waals surface area contributed by atoms with E-state index in [-0.39, 0.29) is 53.8 Å². The van der Waals surface area contributed by atoms with Crippen LogP contribution in [0.5, 0.6) is 5.75 Å². The summed E-state index contributed by atoms with van der Waals surface area (Å²) in [7, 11) is -4.64. The molecule has 1 spiro atoms. The van der Waals surface area contributed by atoms with Crippen molar-refractivity contribution in [1.29, 1.82) is 0 Å². The topological polar surface area (TPSA) is 87.2 Å². The van der Waals surface area contributed by atoms with E-state index in [1.165, 1.54) is 44.2 Å². The van der Waals surface area contributed by atoms with E-state index in [1.807, 2.05) is 0 Å². The van der Waals surface area contributed by atoms with Gasteiger partial charge in [0.05, 0.1) is 33.7 Å². The number of carbonyl (C=O) groups is 1. The van der Waals surface area contributed by atoms with Crippen LogP contribution < -0.4 is 9.04 Å². The monoisotopic (exact) mass is 688 g/mol. The first kappa shape index (κ1) is 33.6. The van der Waals surface area contributed by atoms with Crippen molar-refractivity contribution in [2.24, 2.45) is 5.41 Å². The van der Waals surface area contributed by atoms with Crippen LogP contribution in [-0.4, -0.2) is 56.2 Å². The Bertz CT molecular complexity index is 1820. The van der Waals surface area contributed by atoms with Crippen molar-refractivity contribution in [3.8, 4) is 5.75 Å². The molecule has 0 atom stereocenters. The van der Waals surface area contributed by atoms with Crippen molar-refractivity contribution in [2.75, 3.05) is 30.5 Å². The molecule has 0 amide bonds. The first-order chi connectivity index (χ1) is 21.2. The molecule has 0 saturated carbocycles. The zero-order valence-electron chi connectivity index (χ0n) is 24.3. The first-order valence-electron chi connectivity index (χ1n) is 13.7. The Morgan fingerprint density at radius 3 is 2.26 bits per heavy atom. The second-order valence-corrected chi connectivity index (χ2v) is 14.2. The predicted molar refractivity (Wildman–Crippen MR) is 159 cm³/mol. The number of nitrogens with zero attached hydrogens (tertiary/aromatic N) is 2. The van der Waals surface area contributed by atoms with Gasteiger partial charge in [-0.3, -0.25) is 14.0 Å². The Hall–Kier alpha value is -3.75. The molecule has 2 aliphatic rings. The number of ether oxygens (including phenoxy) is 1. The number of rotatable bonds is 7. The van der Waals surface area contributed by atoms with Crippen LogP contribution in [0.25, 0.3) is 12.2 Å². The number of anilines is 1. The van der Waals surface area contributed by atoms with Crippen molar-refractivity contribution in [2.45, 2.75) is 36.7 Å². The molecule has 46 heavy (non-hydrogen) atoms. The Kier molecular flexibility index (Phi) is 8.40. The molecule has 0 radical (unpaired) electrons. The lowest BCUT2D eigenvalue weighted by atomic mass is 9.86. The number of carboxylic acid groups (broad SMARTS) is 1. The minimum atomic E-state index is -4.81. The lowest BCUT2D eigenvalue weighted by Crippen LogP contribution is -2.72. The van der Waals surface area contributed by atoms with Crippen LogP contribution in [0, 0.1) is 5.41 Å². The van der Waals surface area contributed by atoms with E-state index in [9.17, 15) is 44.7 Å². The maximum atomic E-state index is 14.0. The number of alkyl halides is 6. The zero-order chi connectivity index (χ0) is 33.9. The smallest absolute Gasteiger partial charge is 0.417 e. The lowest BCUT2D eigenvalue weighted by molar-refractivity contribution is -0.152. The average molecular weight is 689 g/mol. The maximum absolute atomic E-state index is 14.0. The van der Waals surface area contributed by atoms with Crippen molar-refractivity contribution < 1.29 is 49.4 Å². The number of carboxylic acids is 1. The van der Waals surface area contributed by atoms with Gasteiger partial charge in [-0.1, -0.05) is 42.0 Å². The van der Waals surface area contributed by atoms with Crippen LogP contribution in [0.4, 0.5) is 32.0 Å². The first-order valence-corrected chi connectivity index (χ1v) is 15.6. The van der Waals surface area contributed by atoms with Crippen molar-refractivity contribution >= 4 is 45.4 Å². The van der Waals surface area contributed by atoms with Crippen LogP contribution in [0.15, 0.2) is 65.6 Å². The molecule has 3 aromatic carbocycles. The number of benzene rings is 3. The molecule has 1 N–H and O–H groups in total. The van der Waals surface area contributed by atoms with Gasteiger partial charge < -0.3 is 9.84 Å². The van der Waals surface area contributed by atoms with E-state index in [0.717, 1.165) is 40.7 Å². The molecule has 7 nitrogen and oxygen atoms in total. The Morgan fingerprint density at radius 2 is 1.63 bits per heavy atom. The van der Waals surface area contributed by atoms with E-state index < -0.39 is 55.4 Å². The summed E-state index contributed by atoms with van der Waals surface area (Å²) in [6, 6.07) is 10.9. The van der Waals surface area contributed by atoms with Crippen LogP contribution in [-0.2, 0) is 27.2 Å². The fraction of sp³-hybridized carbons (Fsp3) is 0.323. The second kappa shape index (κ2) is 11.5. The SMILES string of the molecule is CC(C)(CN1CC2(C1)CN(S(=O)(=O)c1cccc(C(F)(F)F)c1)c1cc(/C=C/c3c(Cl)cccc3C(F)(F)F)ccc1O2)C(=O)O. The molecule has 0 bridgehead atoms. The average Bonchev–Trinajstić information content (AvgIpc) is 2.94. The van der Waals surface area contributed by atoms with E-state index in [0.29, 0.717) is 6.07 Å². The molecule has 1 saturated heterocycles. The van der Waals surface area contributed by atoms with E-state index in [1.54, 1.807) is 4.90 Å². The molecule has 0 aliphatic carbocycles. The van der Waals surface area contributed by atoms with Gasteiger partial charge in [0.15, 0.2) is 5.60 Å². The molecule has 0 unspecified atom stereocenters. The fourth-order valence-corrected chi connectivity index (χ4v) is 7.34. The van der Waals surface area contributed by atoms with E-state index in [4.69, 9.17) is 16.3 Å². The largest absolute Gasteiger partial charge is 0.481 e. The lowest BCUT2D eigenvalue weighted by Gasteiger charge is -2.55. The van der Waals surface area contributed by atoms with Gasteiger partial charge in [-0.15, -0.1) is 0 Å². The molecular weight excluding hydrogens is 662 g/mol. The van der Waals surface area contributed by atoms with Gasteiger partial charge in [0.25, 0.3) is 10.0 Å². The number of hydrogen-bond acceptors (Lipinski definition) is 5. The number of aliphatic carboxylic acids is 1. The third-order valence-corrected chi connectivity index (χ3v) is 9.87. The van der Waals surface area contributed by atoms with Gasteiger partial charge in [0.1, 0.15) is 5.75 Å². The summed E-state index contributed by atoms with van der Waals surface area (Å²) in [6.45, 7) is 3.15. The Balaban J connectivity index is 1.55. The summed E-state index contributed by atoms with van der Waals surface area (Å²) in [5.41, 5.74) is -4.50. The van der Waals surface area contributed by atoms with Gasteiger partial charge in [0, 0.05) is 30.2 Å². The Labute approximate surface area is 265 Å². The normalized spacial score (nSPS) is 17.1. The molecule has 15 heteroatoms. The highest BCUT2D eigenvalue weighted by Crippen LogP contribution is 2.45. The van der Waals surface area contributed by atoms with E-state index in [2.05, 4.69) is 0 Å². The van der Waals surface area contributed by atoms with Gasteiger partial charge in [0.2, 0.25) is 0 Å². The summed E-state index contributed by atoms with van der Waals surface area (Å²) in [6.07, 6.45) is -7.07. The van der Waals surface area contributed by atoms with Gasteiger partial charge in [-0.05, 0) is 61.9 Å². The number of sulfonamides is 1. The summed E-state index contributed by atoms with van der Waals surface area (Å²) in [5.74, 6) is -0.957. The summed E-state index contributed by atoms with van der Waals surface area (Å²) < 4.78 is 116. The molecule has 246 valence electrons. The van der Waals surface area contributed by atoms with Crippen molar-refractivity contribution in [3.05, 3.63) is 87.9 Å². The highest BCUT2D eigenvalue weighted by atomic mass is 35.5. The zero-order valence-corrected chi connectivity index (χ0v) is 25.9. The molecule has 2 heterocycles. The molecule has 5 rings (SSSR count). The quantitative estimate of drug-likeness (QED) is 0.207. The van der Waals surface area contributed by atoms with Gasteiger partial charge in [-0.25, -0.2) is 8.42 Å². The molecular formula is C31H27ClF6N2O5S. The van der Waals surface area contributed by atoms with E-state index >= 15 is 0 Å². The van der Waals surface area contributed by atoms with Gasteiger partial charge >= 0.3 is 18.3 Å². The minimum absolute atomic E-state index is 0.0373. The van der Waals surface area contributed by atoms with Crippen LogP contribution >= 0.6 is 11.6 Å². The van der Waals surface area contributed by atoms with Crippen molar-refractivity contribution in [3.63, 3.8) is 0 Å². The minimum Gasteiger partial charge on any atom is -0.481 e. The fourth-order valence-electron chi connectivity index (χ4n) is 5.51. The van der Waals surface area contributed by atoms with Crippen LogP contribution in [0.3, 0.4) is 0 Å². The standard InChI is InChI=1S/C31H27ClF6N2O5S/c1-28(2,27(41)42)15-39-16-29(17-39)18-40(46(43,44)21-6-3-5-20(14-21)30(33,34)35)25-13-19(10-12-26(25)45-29)9-11-22-23(31(36,37)38)7-4-8-24(22)32/h3-14H,15-18H2,1-2H3,(H,41,42)/b11-9+. The molecule has 1 fully saturated rings. The number of hydrogen-bond donors (Lipinski definition) is 1. The number of likely N-dealkylation sites (tertiary alicyclic amines) is 1. The Morgan fingerprint density at radius 1 is 0.957 bits per heavy atom. The van der Waals surface area contributed by atoms with Crippen LogP contribution in [0.2, 0.25) is 5.02 Å². The highest BCUT2D eigenvalue weighted by molar-refractivity contribution is 7.92. The number of fused-ring (bicyclic) bond motifs is 1. The molecule has 3 aromatic rings. The summed E-state index contributed by atoms with van der Waals surface area (Å²) >= 11 is 6.06. The molecule has 2 aliphatic heterocycles. The highest BCUT2D eigenvalue weighted by Gasteiger charge is 2.53. The summed E-state index contributed by atoms with van der Waals surface area (Å²) in [5, 5.41) is 9.35.